The molecule has 18 heavy (non-hydrogen) atoms. The van der Waals surface area contributed by atoms with Crippen LogP contribution in [0.3, 0.4) is 0 Å². The SMILES string of the molecule is CCC(C)[C@H](NC(=O)c1oc(C)nc1C)C(=O)O. The van der Waals surface area contributed by atoms with Gasteiger partial charge < -0.3 is 14.8 Å². The van der Waals surface area contributed by atoms with Crippen molar-refractivity contribution in [3.63, 3.8) is 0 Å². The second-order valence-electron chi connectivity index (χ2n) is 4.32. The summed E-state index contributed by atoms with van der Waals surface area (Å²) < 4.78 is 5.15. The number of hydrogen-bond donors (Lipinski definition) is 2. The van der Waals surface area contributed by atoms with Crippen molar-refractivity contribution in [2.24, 2.45) is 5.92 Å². The molecule has 0 aliphatic carbocycles. The molecule has 0 spiro atoms. The maximum absolute atomic E-state index is 11.9. The van der Waals surface area contributed by atoms with E-state index in [1.807, 2.05) is 6.92 Å². The van der Waals surface area contributed by atoms with Crippen LogP contribution in [0.4, 0.5) is 0 Å². The summed E-state index contributed by atoms with van der Waals surface area (Å²) >= 11 is 0. The number of aliphatic carboxylic acids is 1. The van der Waals surface area contributed by atoms with Crippen molar-refractivity contribution in [1.29, 1.82) is 0 Å². The van der Waals surface area contributed by atoms with Gasteiger partial charge in [0.25, 0.3) is 5.91 Å². The molecule has 0 saturated carbocycles. The highest BCUT2D eigenvalue weighted by atomic mass is 16.4. The fraction of sp³-hybridized carbons (Fsp3) is 0.583. The van der Waals surface area contributed by atoms with E-state index in [2.05, 4.69) is 10.3 Å². The summed E-state index contributed by atoms with van der Waals surface area (Å²) in [5.74, 6) is -1.29. The van der Waals surface area contributed by atoms with E-state index < -0.39 is 17.9 Å². The third-order valence-electron chi connectivity index (χ3n) is 2.88. The van der Waals surface area contributed by atoms with E-state index in [0.29, 0.717) is 18.0 Å². The smallest absolute Gasteiger partial charge is 0.326 e. The summed E-state index contributed by atoms with van der Waals surface area (Å²) in [6, 6.07) is -0.924. The quantitative estimate of drug-likeness (QED) is 0.831. The van der Waals surface area contributed by atoms with Gasteiger partial charge >= 0.3 is 5.97 Å². The minimum atomic E-state index is -1.05. The Balaban J connectivity index is 2.85. The van der Waals surface area contributed by atoms with Crippen LogP contribution in [-0.4, -0.2) is 28.0 Å². The van der Waals surface area contributed by atoms with Gasteiger partial charge in [-0.05, 0) is 12.8 Å². The standard InChI is InChI=1S/C12H18N2O4/c1-5-6(2)9(12(16)17)14-11(15)10-7(3)13-8(4)18-10/h6,9H,5H2,1-4H3,(H,14,15)(H,16,17)/t6?,9-/m0/s1. The van der Waals surface area contributed by atoms with Gasteiger partial charge in [0.05, 0.1) is 5.69 Å². The molecule has 1 heterocycles. The maximum Gasteiger partial charge on any atom is 0.326 e. The Hall–Kier alpha value is -1.85. The van der Waals surface area contributed by atoms with Crippen molar-refractivity contribution in [3.05, 3.63) is 17.3 Å². The lowest BCUT2D eigenvalue weighted by atomic mass is 9.99. The maximum atomic E-state index is 11.9. The Labute approximate surface area is 105 Å². The molecule has 1 aromatic rings. The fourth-order valence-electron chi connectivity index (χ4n) is 1.63. The molecular weight excluding hydrogens is 236 g/mol. The second kappa shape index (κ2) is 5.66. The van der Waals surface area contributed by atoms with Crippen molar-refractivity contribution in [1.82, 2.24) is 10.3 Å². The highest BCUT2D eigenvalue weighted by Crippen LogP contribution is 2.12. The number of nitrogens with one attached hydrogen (secondary N) is 1. The Morgan fingerprint density at radius 2 is 2.06 bits per heavy atom. The van der Waals surface area contributed by atoms with Crippen LogP contribution >= 0.6 is 0 Å². The van der Waals surface area contributed by atoms with Gasteiger partial charge in [-0.15, -0.1) is 0 Å². The molecule has 0 aromatic carbocycles. The van der Waals surface area contributed by atoms with Crippen LogP contribution in [0.1, 0.15) is 42.4 Å². The molecule has 1 unspecified atom stereocenters. The number of carbonyl (C=O) groups is 2. The van der Waals surface area contributed by atoms with Crippen LogP contribution in [0.5, 0.6) is 0 Å². The molecule has 1 aromatic heterocycles. The summed E-state index contributed by atoms with van der Waals surface area (Å²) in [7, 11) is 0. The van der Waals surface area contributed by atoms with E-state index >= 15 is 0 Å². The summed E-state index contributed by atoms with van der Waals surface area (Å²) in [5.41, 5.74) is 0.457. The molecule has 2 N–H and O–H groups in total. The van der Waals surface area contributed by atoms with Crippen LogP contribution in [0.2, 0.25) is 0 Å². The lowest BCUT2D eigenvalue weighted by molar-refractivity contribution is -0.140. The zero-order chi connectivity index (χ0) is 13.9. The van der Waals surface area contributed by atoms with E-state index in [9.17, 15) is 9.59 Å². The lowest BCUT2D eigenvalue weighted by Gasteiger charge is -2.19. The molecule has 100 valence electrons. The summed E-state index contributed by atoms with van der Waals surface area (Å²) in [6.45, 7) is 6.92. The summed E-state index contributed by atoms with van der Waals surface area (Å²) in [5, 5.41) is 11.5. The Kier molecular flexibility index (Phi) is 4.47. The number of carboxylic acids is 1. The number of rotatable bonds is 5. The van der Waals surface area contributed by atoms with Gasteiger partial charge in [0.15, 0.2) is 5.89 Å². The van der Waals surface area contributed by atoms with Crippen LogP contribution in [-0.2, 0) is 4.79 Å². The van der Waals surface area contributed by atoms with Gasteiger partial charge in [-0.25, -0.2) is 9.78 Å². The number of amides is 1. The monoisotopic (exact) mass is 254 g/mol. The number of aryl methyl sites for hydroxylation is 2. The fourth-order valence-corrected chi connectivity index (χ4v) is 1.63. The first-order valence-corrected chi connectivity index (χ1v) is 5.84. The zero-order valence-electron chi connectivity index (χ0n) is 11.0. The molecule has 6 heteroatoms. The topological polar surface area (TPSA) is 92.4 Å². The third-order valence-corrected chi connectivity index (χ3v) is 2.88. The first-order chi connectivity index (χ1) is 8.36. The van der Waals surface area contributed by atoms with Crippen LogP contribution in [0.15, 0.2) is 4.42 Å². The van der Waals surface area contributed by atoms with Crippen LogP contribution in [0.25, 0.3) is 0 Å². The molecule has 0 aliphatic heterocycles. The van der Waals surface area contributed by atoms with Gasteiger partial charge in [-0.2, -0.15) is 0 Å². The first-order valence-electron chi connectivity index (χ1n) is 5.84. The minimum Gasteiger partial charge on any atom is -0.480 e. The molecule has 1 rings (SSSR count). The highest BCUT2D eigenvalue weighted by Gasteiger charge is 2.27. The summed E-state index contributed by atoms with van der Waals surface area (Å²) in [4.78, 5) is 27.0. The van der Waals surface area contributed by atoms with E-state index in [1.54, 1.807) is 20.8 Å². The van der Waals surface area contributed by atoms with E-state index in [4.69, 9.17) is 9.52 Å². The number of aromatic nitrogens is 1. The van der Waals surface area contributed by atoms with Crippen molar-refractivity contribution in [3.8, 4) is 0 Å². The molecule has 6 nitrogen and oxygen atoms in total. The van der Waals surface area contributed by atoms with Crippen molar-refractivity contribution < 1.29 is 19.1 Å². The normalized spacial score (nSPS) is 14.0. The van der Waals surface area contributed by atoms with Crippen LogP contribution in [0, 0.1) is 19.8 Å². The zero-order valence-corrected chi connectivity index (χ0v) is 11.0. The number of oxazole rings is 1. The van der Waals surface area contributed by atoms with Gasteiger partial charge in [-0.3, -0.25) is 4.79 Å². The molecule has 2 atom stereocenters. The molecule has 0 radical (unpaired) electrons. The Morgan fingerprint density at radius 3 is 2.44 bits per heavy atom. The Bertz CT molecular complexity index is 453. The number of nitrogens with zero attached hydrogens (tertiary/aromatic N) is 1. The first kappa shape index (κ1) is 14.2. The number of carboxylic acid groups (broad SMARTS) is 1. The van der Waals surface area contributed by atoms with Gasteiger partial charge in [0.2, 0.25) is 5.76 Å². The molecule has 0 fully saturated rings. The number of hydrogen-bond acceptors (Lipinski definition) is 4. The third kappa shape index (κ3) is 3.09. The van der Waals surface area contributed by atoms with Crippen molar-refractivity contribution >= 4 is 11.9 Å². The molecule has 0 saturated heterocycles. The van der Waals surface area contributed by atoms with E-state index in [0.717, 1.165) is 0 Å². The largest absolute Gasteiger partial charge is 0.480 e. The molecule has 0 aliphatic rings. The average molecular weight is 254 g/mol. The van der Waals surface area contributed by atoms with Gasteiger partial charge in [0.1, 0.15) is 6.04 Å². The second-order valence-corrected chi connectivity index (χ2v) is 4.32. The lowest BCUT2D eigenvalue weighted by Crippen LogP contribution is -2.45. The average Bonchev–Trinajstić information content (AvgIpc) is 2.63. The van der Waals surface area contributed by atoms with Gasteiger partial charge in [0, 0.05) is 6.92 Å². The minimum absolute atomic E-state index is 0.0713. The summed E-state index contributed by atoms with van der Waals surface area (Å²) in [6.07, 6.45) is 0.658. The molecule has 1 amide bonds. The van der Waals surface area contributed by atoms with E-state index in [-0.39, 0.29) is 11.7 Å². The van der Waals surface area contributed by atoms with Crippen molar-refractivity contribution in [2.75, 3.05) is 0 Å². The molecule has 0 bridgehead atoms. The predicted octanol–water partition coefficient (Wildman–Crippen LogP) is 1.52. The Morgan fingerprint density at radius 1 is 1.44 bits per heavy atom. The van der Waals surface area contributed by atoms with E-state index in [1.165, 1.54) is 0 Å². The molecular formula is C12H18N2O4. The van der Waals surface area contributed by atoms with Crippen molar-refractivity contribution in [2.45, 2.75) is 40.2 Å². The van der Waals surface area contributed by atoms with Gasteiger partial charge in [-0.1, -0.05) is 20.3 Å². The van der Waals surface area contributed by atoms with Crippen LogP contribution < -0.4 is 5.32 Å². The predicted molar refractivity (Wildman–Crippen MR) is 64.3 cm³/mol. The highest BCUT2D eigenvalue weighted by molar-refractivity contribution is 5.95. The number of carbonyl (C=O) groups excluding carboxylic acids is 1.